The van der Waals surface area contributed by atoms with Gasteiger partial charge in [-0.25, -0.2) is 0 Å². The molecule has 1 aliphatic carbocycles. The van der Waals surface area contributed by atoms with Crippen LogP contribution < -0.4 is 0 Å². The molecule has 2 aromatic rings. The molecule has 0 saturated heterocycles. The molecule has 5 heteroatoms. The van der Waals surface area contributed by atoms with Crippen LogP contribution in [0.2, 0.25) is 0 Å². The highest BCUT2D eigenvalue weighted by Crippen LogP contribution is 2.47. The summed E-state index contributed by atoms with van der Waals surface area (Å²) in [5, 5.41) is 10.0. The number of ketones is 1. The molecule has 1 aliphatic heterocycles. The average molecular weight is 403 g/mol. The molecule has 0 saturated carbocycles. The van der Waals surface area contributed by atoms with Gasteiger partial charge in [0.2, 0.25) is 0 Å². The molecule has 0 spiro atoms. The number of esters is 1. The average Bonchev–Trinajstić information content (AvgIpc) is 2.73. The number of rotatable bonds is 4. The van der Waals surface area contributed by atoms with Crippen LogP contribution in [0.15, 0.2) is 70.9 Å². The summed E-state index contributed by atoms with van der Waals surface area (Å²) in [5.74, 6) is -1.41. The zero-order valence-corrected chi connectivity index (χ0v) is 17.2. The topological polar surface area (TPSA) is 76.0 Å². The van der Waals surface area contributed by atoms with Gasteiger partial charge in [0.05, 0.1) is 6.61 Å². The van der Waals surface area contributed by atoms with E-state index in [0.29, 0.717) is 24.1 Å². The van der Waals surface area contributed by atoms with Crippen molar-refractivity contribution in [3.8, 4) is 5.75 Å². The first-order valence-electron chi connectivity index (χ1n) is 10.3. The Hall–Kier alpha value is -3.21. The number of hydrogen-bond acceptors (Lipinski definition) is 5. The van der Waals surface area contributed by atoms with Crippen molar-refractivity contribution in [2.45, 2.75) is 38.5 Å². The first-order chi connectivity index (χ1) is 14.5. The highest BCUT2D eigenvalue weighted by Gasteiger charge is 2.44. The number of nitrogens with zero attached hydrogens (tertiary/aromatic N) is 1. The minimum atomic E-state index is -0.678. The maximum Gasteiger partial charge on any atom is 0.315 e. The van der Waals surface area contributed by atoms with Gasteiger partial charge in [0, 0.05) is 29.3 Å². The third kappa shape index (κ3) is 3.67. The molecular weight excluding hydrogens is 378 g/mol. The summed E-state index contributed by atoms with van der Waals surface area (Å²) < 4.78 is 5.32. The molecule has 0 amide bonds. The number of ether oxygens (including phenoxy) is 1. The van der Waals surface area contributed by atoms with E-state index in [0.717, 1.165) is 16.8 Å². The molecule has 3 atom stereocenters. The summed E-state index contributed by atoms with van der Waals surface area (Å²) in [6.45, 7) is 3.83. The maximum absolute atomic E-state index is 13.4. The predicted molar refractivity (Wildman–Crippen MR) is 115 cm³/mol. The Bertz CT molecular complexity index is 1040. The van der Waals surface area contributed by atoms with Crippen LogP contribution in [0.5, 0.6) is 5.75 Å². The minimum absolute atomic E-state index is 0.00370. The fourth-order valence-corrected chi connectivity index (χ4v) is 4.64. The lowest BCUT2D eigenvalue weighted by molar-refractivity contribution is -0.146. The molecule has 1 N–H and O–H groups in total. The Kier molecular flexibility index (Phi) is 5.53. The molecule has 2 aromatic carbocycles. The van der Waals surface area contributed by atoms with Crippen molar-refractivity contribution >= 4 is 17.5 Å². The van der Waals surface area contributed by atoms with Gasteiger partial charge in [-0.15, -0.1) is 0 Å². The summed E-state index contributed by atoms with van der Waals surface area (Å²) in [6.07, 6.45) is 1.02. The number of phenols is 1. The van der Waals surface area contributed by atoms with Gasteiger partial charge in [0.15, 0.2) is 5.78 Å². The van der Waals surface area contributed by atoms with E-state index in [1.54, 1.807) is 25.1 Å². The maximum atomic E-state index is 13.4. The highest BCUT2D eigenvalue weighted by molar-refractivity contribution is 6.09. The Morgan fingerprint density at radius 1 is 1.10 bits per heavy atom. The normalized spacial score (nSPS) is 23.6. The molecule has 4 rings (SSSR count). The molecule has 30 heavy (non-hydrogen) atoms. The Balaban J connectivity index is 1.81. The largest absolute Gasteiger partial charge is 0.508 e. The summed E-state index contributed by atoms with van der Waals surface area (Å²) in [7, 11) is 0. The zero-order chi connectivity index (χ0) is 21.3. The third-order valence-electron chi connectivity index (χ3n) is 5.93. The second kappa shape index (κ2) is 8.27. The van der Waals surface area contributed by atoms with Crippen molar-refractivity contribution < 1.29 is 19.4 Å². The highest BCUT2D eigenvalue weighted by atomic mass is 16.5. The fraction of sp³-hybridized carbons (Fsp3) is 0.320. The second-order valence-corrected chi connectivity index (χ2v) is 7.85. The van der Waals surface area contributed by atoms with Crippen LogP contribution in [0, 0.1) is 5.92 Å². The lowest BCUT2D eigenvalue weighted by atomic mass is 9.69. The molecular formula is C25H25NO4. The number of aromatic hydroxyl groups is 1. The zero-order valence-electron chi connectivity index (χ0n) is 17.2. The van der Waals surface area contributed by atoms with Crippen molar-refractivity contribution in [2.24, 2.45) is 10.9 Å². The van der Waals surface area contributed by atoms with Crippen LogP contribution in [0.25, 0.3) is 0 Å². The van der Waals surface area contributed by atoms with E-state index in [2.05, 4.69) is 0 Å². The van der Waals surface area contributed by atoms with E-state index >= 15 is 0 Å². The molecule has 1 unspecified atom stereocenters. The predicted octanol–water partition coefficient (Wildman–Crippen LogP) is 4.53. The summed E-state index contributed by atoms with van der Waals surface area (Å²) in [4.78, 5) is 30.9. The number of Topliss-reactive ketones (excluding diaryl/α,β-unsaturated/α-hetero) is 1. The van der Waals surface area contributed by atoms with E-state index in [1.807, 2.05) is 43.3 Å². The van der Waals surface area contributed by atoms with Crippen LogP contribution in [0.1, 0.15) is 49.7 Å². The molecule has 5 nitrogen and oxygen atoms in total. The number of carbonyl (C=O) groups excluding carboxylic acids is 2. The Labute approximate surface area is 176 Å². The van der Waals surface area contributed by atoms with E-state index in [9.17, 15) is 14.7 Å². The van der Waals surface area contributed by atoms with Crippen LogP contribution in [0.4, 0.5) is 0 Å². The molecule has 0 fully saturated rings. The summed E-state index contributed by atoms with van der Waals surface area (Å²) in [5.41, 5.74) is 3.80. The van der Waals surface area contributed by atoms with Gasteiger partial charge < -0.3 is 9.84 Å². The van der Waals surface area contributed by atoms with Crippen LogP contribution >= 0.6 is 0 Å². The second-order valence-electron chi connectivity index (χ2n) is 7.85. The number of hydrogen-bond donors (Lipinski definition) is 1. The van der Waals surface area contributed by atoms with Crippen molar-refractivity contribution in [3.63, 3.8) is 0 Å². The van der Waals surface area contributed by atoms with Crippen LogP contribution in [-0.4, -0.2) is 29.2 Å². The molecule has 0 bridgehead atoms. The number of carbonyl (C=O) groups is 2. The number of phenolic OH excluding ortho intramolecular Hbond substituents is 1. The minimum Gasteiger partial charge on any atom is -0.508 e. The van der Waals surface area contributed by atoms with E-state index in [1.165, 1.54) is 0 Å². The van der Waals surface area contributed by atoms with E-state index < -0.39 is 17.8 Å². The van der Waals surface area contributed by atoms with Crippen molar-refractivity contribution in [3.05, 3.63) is 77.0 Å². The van der Waals surface area contributed by atoms with Gasteiger partial charge >= 0.3 is 5.97 Å². The molecule has 1 heterocycles. The number of benzene rings is 2. The van der Waals surface area contributed by atoms with Gasteiger partial charge in [-0.2, -0.15) is 0 Å². The number of allylic oxidation sites excluding steroid dienone is 2. The van der Waals surface area contributed by atoms with Gasteiger partial charge in [-0.3, -0.25) is 14.6 Å². The molecule has 154 valence electrons. The quantitative estimate of drug-likeness (QED) is 0.761. The van der Waals surface area contributed by atoms with Gasteiger partial charge in [-0.1, -0.05) is 42.5 Å². The molecule has 0 aromatic heterocycles. The summed E-state index contributed by atoms with van der Waals surface area (Å²) >= 11 is 0. The van der Waals surface area contributed by atoms with Crippen molar-refractivity contribution in [1.82, 2.24) is 0 Å². The van der Waals surface area contributed by atoms with Crippen molar-refractivity contribution in [2.75, 3.05) is 6.61 Å². The van der Waals surface area contributed by atoms with Crippen LogP contribution in [-0.2, 0) is 14.3 Å². The van der Waals surface area contributed by atoms with Gasteiger partial charge in [0.1, 0.15) is 11.7 Å². The van der Waals surface area contributed by atoms with Crippen molar-refractivity contribution in [1.29, 1.82) is 0 Å². The van der Waals surface area contributed by atoms with Crippen LogP contribution in [0.3, 0.4) is 0 Å². The lowest BCUT2D eigenvalue weighted by Crippen LogP contribution is -2.38. The third-order valence-corrected chi connectivity index (χ3v) is 5.93. The monoisotopic (exact) mass is 403 g/mol. The molecule has 0 radical (unpaired) electrons. The Morgan fingerprint density at radius 2 is 1.83 bits per heavy atom. The standard InChI is InChI=1S/C25H25NO4/c1-3-30-25(29)22-15(2)26-20-13-18(16-8-5-4-6-9-16)14-21(28)24(20)23(22)17-10-7-11-19(27)12-17/h4-12,18,22-23,27H,3,13-14H2,1-2H3/t18-,22?,23-/m1/s1. The van der Waals surface area contributed by atoms with E-state index in [-0.39, 0.29) is 24.1 Å². The lowest BCUT2D eigenvalue weighted by Gasteiger charge is -2.36. The number of aliphatic imine (C=N–C) groups is 1. The first kappa shape index (κ1) is 20.1. The van der Waals surface area contributed by atoms with Gasteiger partial charge in [-0.05, 0) is 49.4 Å². The fourth-order valence-electron chi connectivity index (χ4n) is 4.64. The Morgan fingerprint density at radius 3 is 2.53 bits per heavy atom. The SMILES string of the molecule is CCOC(=O)C1C(C)=NC2=C(C(=O)C[C@H](c3ccccc3)C2)[C@@H]1c1cccc(O)c1. The molecule has 2 aliphatic rings. The summed E-state index contributed by atoms with van der Waals surface area (Å²) in [6, 6.07) is 16.8. The van der Waals surface area contributed by atoms with E-state index in [4.69, 9.17) is 9.73 Å². The van der Waals surface area contributed by atoms with Gasteiger partial charge in [0.25, 0.3) is 0 Å². The first-order valence-corrected chi connectivity index (χ1v) is 10.3. The smallest absolute Gasteiger partial charge is 0.315 e.